The molecule has 0 aromatic heterocycles. The predicted octanol–water partition coefficient (Wildman–Crippen LogP) is 3.63. The molecule has 3 aliphatic rings. The van der Waals surface area contributed by atoms with E-state index in [4.69, 9.17) is 4.74 Å². The van der Waals surface area contributed by atoms with Crippen molar-refractivity contribution in [3.05, 3.63) is 65.7 Å². The molecule has 0 radical (unpaired) electrons. The highest BCUT2D eigenvalue weighted by Gasteiger charge is 2.48. The number of rotatable bonds is 2. The van der Waals surface area contributed by atoms with Gasteiger partial charge in [0.2, 0.25) is 5.91 Å². The Kier molecular flexibility index (Phi) is 4.36. The lowest BCUT2D eigenvalue weighted by atomic mass is 9.93. The second-order valence-electron chi connectivity index (χ2n) is 7.93. The molecule has 140 valence electrons. The smallest absolute Gasteiger partial charge is 0.227 e. The minimum atomic E-state index is 0.1000. The second kappa shape index (κ2) is 7.01. The molecule has 3 heterocycles. The third kappa shape index (κ3) is 3.02. The number of amides is 1. The van der Waals surface area contributed by atoms with Crippen LogP contribution in [0.4, 0.5) is 0 Å². The van der Waals surface area contributed by atoms with Gasteiger partial charge in [0.05, 0.1) is 12.5 Å². The molecule has 2 saturated heterocycles. The van der Waals surface area contributed by atoms with Gasteiger partial charge in [0.15, 0.2) is 0 Å². The maximum atomic E-state index is 13.5. The molecule has 4 nitrogen and oxygen atoms in total. The molecule has 0 aliphatic carbocycles. The van der Waals surface area contributed by atoms with Crippen molar-refractivity contribution in [2.45, 2.75) is 37.9 Å². The van der Waals surface area contributed by atoms with Crippen molar-refractivity contribution in [1.82, 2.24) is 9.80 Å². The van der Waals surface area contributed by atoms with Gasteiger partial charge >= 0.3 is 0 Å². The molecule has 1 amide bonds. The summed E-state index contributed by atoms with van der Waals surface area (Å²) in [5.74, 6) is 1.33. The van der Waals surface area contributed by atoms with Crippen LogP contribution in [0.25, 0.3) is 0 Å². The highest BCUT2D eigenvalue weighted by Crippen LogP contribution is 2.45. The van der Waals surface area contributed by atoms with Gasteiger partial charge in [-0.2, -0.15) is 0 Å². The topological polar surface area (TPSA) is 32.8 Å². The van der Waals surface area contributed by atoms with Crippen molar-refractivity contribution in [1.29, 1.82) is 0 Å². The summed E-state index contributed by atoms with van der Waals surface area (Å²) in [7, 11) is 0. The highest BCUT2D eigenvalue weighted by molar-refractivity contribution is 5.80. The fourth-order valence-corrected chi connectivity index (χ4v) is 5.18. The SMILES string of the molecule is O=C([C@@H]1C[C@H](c2ccccc2)N2CCC[C@@H]12)N1CCOc2ccccc2C1. The molecule has 5 rings (SSSR count). The fourth-order valence-electron chi connectivity index (χ4n) is 5.18. The zero-order valence-corrected chi connectivity index (χ0v) is 15.6. The summed E-state index contributed by atoms with van der Waals surface area (Å²) < 4.78 is 5.86. The van der Waals surface area contributed by atoms with Crippen LogP contribution in [0.15, 0.2) is 54.6 Å². The minimum Gasteiger partial charge on any atom is -0.491 e. The molecule has 2 aromatic rings. The normalized spacial score (nSPS) is 27.6. The minimum absolute atomic E-state index is 0.1000. The Hall–Kier alpha value is -2.33. The summed E-state index contributed by atoms with van der Waals surface area (Å²) in [6.07, 6.45) is 3.27. The number of hydrogen-bond acceptors (Lipinski definition) is 3. The maximum Gasteiger partial charge on any atom is 0.227 e. The van der Waals surface area contributed by atoms with Gasteiger partial charge in [-0.25, -0.2) is 0 Å². The number of fused-ring (bicyclic) bond motifs is 2. The molecule has 2 fully saturated rings. The van der Waals surface area contributed by atoms with Crippen molar-refractivity contribution >= 4 is 5.91 Å². The second-order valence-corrected chi connectivity index (χ2v) is 7.93. The van der Waals surface area contributed by atoms with Gasteiger partial charge < -0.3 is 9.64 Å². The van der Waals surface area contributed by atoms with Gasteiger partial charge in [0.25, 0.3) is 0 Å². The van der Waals surface area contributed by atoms with Crippen molar-refractivity contribution < 1.29 is 9.53 Å². The van der Waals surface area contributed by atoms with E-state index in [1.165, 1.54) is 12.0 Å². The lowest BCUT2D eigenvalue weighted by molar-refractivity contribution is -0.136. The number of carbonyl (C=O) groups is 1. The number of benzene rings is 2. The largest absolute Gasteiger partial charge is 0.491 e. The van der Waals surface area contributed by atoms with E-state index in [2.05, 4.69) is 41.3 Å². The first-order valence-electron chi connectivity index (χ1n) is 10.1. The van der Waals surface area contributed by atoms with E-state index in [1.807, 2.05) is 23.1 Å². The molecule has 0 bridgehead atoms. The highest BCUT2D eigenvalue weighted by atomic mass is 16.5. The van der Waals surface area contributed by atoms with Crippen molar-refractivity contribution in [3.63, 3.8) is 0 Å². The van der Waals surface area contributed by atoms with Crippen LogP contribution in [0.5, 0.6) is 5.75 Å². The number of para-hydroxylation sites is 1. The van der Waals surface area contributed by atoms with Crippen LogP contribution in [0.1, 0.15) is 36.4 Å². The van der Waals surface area contributed by atoms with Crippen LogP contribution in [-0.4, -0.2) is 41.4 Å². The molecule has 3 aliphatic heterocycles. The first-order valence-corrected chi connectivity index (χ1v) is 10.1. The zero-order chi connectivity index (χ0) is 18.2. The van der Waals surface area contributed by atoms with Gasteiger partial charge in [-0.05, 0) is 37.4 Å². The number of carbonyl (C=O) groups excluding carboxylic acids is 1. The van der Waals surface area contributed by atoms with E-state index in [-0.39, 0.29) is 5.92 Å². The van der Waals surface area contributed by atoms with Gasteiger partial charge in [-0.1, -0.05) is 48.5 Å². The third-order valence-corrected chi connectivity index (χ3v) is 6.45. The van der Waals surface area contributed by atoms with E-state index in [0.29, 0.717) is 37.7 Å². The first kappa shape index (κ1) is 16.8. The van der Waals surface area contributed by atoms with Gasteiger partial charge in [-0.3, -0.25) is 9.69 Å². The summed E-state index contributed by atoms with van der Waals surface area (Å²) in [4.78, 5) is 18.1. The summed E-state index contributed by atoms with van der Waals surface area (Å²) in [6.45, 7) is 3.02. The molecule has 2 aromatic carbocycles. The summed E-state index contributed by atoms with van der Waals surface area (Å²) in [6, 6.07) is 19.6. The first-order chi connectivity index (χ1) is 13.3. The van der Waals surface area contributed by atoms with Crippen LogP contribution < -0.4 is 4.74 Å². The molecule has 3 atom stereocenters. The van der Waals surface area contributed by atoms with Crippen molar-refractivity contribution in [3.8, 4) is 5.75 Å². The third-order valence-electron chi connectivity index (χ3n) is 6.45. The molecule has 27 heavy (non-hydrogen) atoms. The Bertz CT molecular complexity index is 822. The van der Waals surface area contributed by atoms with Crippen LogP contribution in [0.2, 0.25) is 0 Å². The van der Waals surface area contributed by atoms with Crippen LogP contribution in [0.3, 0.4) is 0 Å². The summed E-state index contributed by atoms with van der Waals surface area (Å²) in [5.41, 5.74) is 2.47. The number of nitrogens with zero attached hydrogens (tertiary/aromatic N) is 2. The molecular formula is C23H26N2O2. The predicted molar refractivity (Wildman–Crippen MR) is 104 cm³/mol. The quantitative estimate of drug-likeness (QED) is 0.818. The molecule has 0 unspecified atom stereocenters. The van der Waals surface area contributed by atoms with E-state index in [0.717, 1.165) is 30.7 Å². The maximum absolute atomic E-state index is 13.5. The van der Waals surface area contributed by atoms with Gasteiger partial charge in [-0.15, -0.1) is 0 Å². The monoisotopic (exact) mass is 362 g/mol. The average Bonchev–Trinajstić information content (AvgIpc) is 3.24. The molecule has 4 heteroatoms. The number of ether oxygens (including phenoxy) is 1. The van der Waals surface area contributed by atoms with Gasteiger partial charge in [0, 0.05) is 24.2 Å². The fraction of sp³-hybridized carbons (Fsp3) is 0.435. The lowest BCUT2D eigenvalue weighted by Gasteiger charge is -2.27. The molecule has 0 saturated carbocycles. The van der Waals surface area contributed by atoms with Crippen LogP contribution in [-0.2, 0) is 11.3 Å². The van der Waals surface area contributed by atoms with E-state index < -0.39 is 0 Å². The zero-order valence-electron chi connectivity index (χ0n) is 15.6. The van der Waals surface area contributed by atoms with E-state index in [1.54, 1.807) is 0 Å². The Morgan fingerprint density at radius 3 is 2.70 bits per heavy atom. The van der Waals surface area contributed by atoms with Crippen LogP contribution in [0, 0.1) is 5.92 Å². The summed E-state index contributed by atoms with van der Waals surface area (Å²) >= 11 is 0. The van der Waals surface area contributed by atoms with E-state index in [9.17, 15) is 4.79 Å². The Balaban J connectivity index is 1.38. The average molecular weight is 362 g/mol. The molecular weight excluding hydrogens is 336 g/mol. The summed E-state index contributed by atoms with van der Waals surface area (Å²) in [5, 5.41) is 0. The lowest BCUT2D eigenvalue weighted by Crippen LogP contribution is -2.41. The Morgan fingerprint density at radius 1 is 1.00 bits per heavy atom. The number of hydrogen-bond donors (Lipinski definition) is 0. The van der Waals surface area contributed by atoms with Crippen molar-refractivity contribution in [2.75, 3.05) is 19.7 Å². The standard InChI is InChI=1S/C23H26N2O2/c26-23(24-13-14-27-22-11-5-4-9-18(22)16-24)19-15-21(17-7-2-1-3-8-17)25-12-6-10-20(19)25/h1-5,7-9,11,19-21H,6,10,12-16H2/t19-,20+,21-/m1/s1. The van der Waals surface area contributed by atoms with Crippen LogP contribution >= 0.6 is 0 Å². The Morgan fingerprint density at radius 2 is 1.81 bits per heavy atom. The Labute approximate surface area is 160 Å². The molecule has 0 spiro atoms. The molecule has 0 N–H and O–H groups in total. The van der Waals surface area contributed by atoms with E-state index >= 15 is 0 Å². The van der Waals surface area contributed by atoms with Crippen molar-refractivity contribution in [2.24, 2.45) is 5.92 Å². The van der Waals surface area contributed by atoms with Gasteiger partial charge in [0.1, 0.15) is 12.4 Å².